The van der Waals surface area contributed by atoms with Crippen LogP contribution in [0.5, 0.6) is 11.5 Å². The van der Waals surface area contributed by atoms with E-state index in [1.54, 1.807) is 20.4 Å². The molecule has 0 fully saturated rings. The third kappa shape index (κ3) is 3.88. The van der Waals surface area contributed by atoms with Crippen LogP contribution in [-0.4, -0.2) is 25.2 Å². The van der Waals surface area contributed by atoms with Crippen LogP contribution in [0.3, 0.4) is 0 Å². The Morgan fingerprint density at radius 2 is 1.86 bits per heavy atom. The summed E-state index contributed by atoms with van der Waals surface area (Å²) in [5.41, 5.74) is 0.846. The largest absolute Gasteiger partial charge is 0.496 e. The number of nitrogens with one attached hydrogen (secondary N) is 3. The third-order valence-corrected chi connectivity index (χ3v) is 3.61. The van der Waals surface area contributed by atoms with Crippen LogP contribution < -0.4 is 20.1 Å². The fourth-order valence-corrected chi connectivity index (χ4v) is 2.27. The van der Waals surface area contributed by atoms with Crippen molar-refractivity contribution in [1.29, 1.82) is 5.41 Å². The van der Waals surface area contributed by atoms with Gasteiger partial charge in [0.25, 0.3) is 0 Å². The Hall–Kier alpha value is -2.28. The molecule has 0 aliphatic rings. The molecule has 0 bridgehead atoms. The van der Waals surface area contributed by atoms with Gasteiger partial charge in [-0.15, -0.1) is 0 Å². The molecular weight excluding hydrogens is 348 g/mol. The maximum absolute atomic E-state index is 7.96. The van der Waals surface area contributed by atoms with Crippen LogP contribution in [0, 0.1) is 5.41 Å². The Balaban J connectivity index is 2.04. The second kappa shape index (κ2) is 7.65. The van der Waals surface area contributed by atoms with Crippen LogP contribution in [0.25, 0.3) is 0 Å². The quantitative estimate of drug-likeness (QED) is 0.561. The smallest absolute Gasteiger partial charge is 0.194 e. The lowest BCUT2D eigenvalue weighted by molar-refractivity contribution is 0.384. The molecule has 0 saturated carbocycles. The first kappa shape index (κ1) is 16.1. The monoisotopic (exact) mass is 364 g/mol. The molecule has 0 amide bonds. The molecule has 0 aliphatic carbocycles. The Morgan fingerprint density at radius 1 is 1.18 bits per heavy atom. The second-order valence-corrected chi connectivity index (χ2v) is 5.18. The van der Waals surface area contributed by atoms with E-state index in [-0.39, 0.29) is 5.96 Å². The number of hydrogen-bond donors (Lipinski definition) is 3. The van der Waals surface area contributed by atoms with Gasteiger partial charge < -0.3 is 20.1 Å². The van der Waals surface area contributed by atoms with E-state index >= 15 is 0 Å². The number of nitrogens with zero attached hydrogens (tertiary/aromatic N) is 1. The number of aromatic nitrogens is 1. The summed E-state index contributed by atoms with van der Waals surface area (Å²) >= 11 is 3.38. The fourth-order valence-electron chi connectivity index (χ4n) is 1.92. The predicted octanol–water partition coefficient (Wildman–Crippen LogP) is 3.00. The van der Waals surface area contributed by atoms with Crippen molar-refractivity contribution in [2.45, 2.75) is 6.54 Å². The molecule has 0 unspecified atom stereocenters. The molecule has 1 aromatic carbocycles. The van der Waals surface area contributed by atoms with Gasteiger partial charge >= 0.3 is 0 Å². The number of halogens is 1. The van der Waals surface area contributed by atoms with Gasteiger partial charge in [0.05, 0.1) is 30.8 Å². The number of guanidine groups is 1. The number of ether oxygens (including phenoxy) is 2. The maximum Gasteiger partial charge on any atom is 0.194 e. The number of benzene rings is 1. The molecule has 1 heterocycles. The standard InChI is InChI=1S/C15H17BrN4O2/c1-21-12-6-3-7-13(22-2)10(12)9-19-15(17)20-14-11(16)5-4-8-18-14/h3-8H,9H2,1-2H3,(H3,17,18,19,20). The van der Waals surface area contributed by atoms with Gasteiger partial charge in [0.2, 0.25) is 0 Å². The first-order valence-electron chi connectivity index (χ1n) is 6.55. The van der Waals surface area contributed by atoms with Crippen LogP contribution in [0.1, 0.15) is 5.56 Å². The molecule has 0 aliphatic heterocycles. The first-order valence-corrected chi connectivity index (χ1v) is 7.34. The molecule has 22 heavy (non-hydrogen) atoms. The summed E-state index contributed by atoms with van der Waals surface area (Å²) in [6.07, 6.45) is 1.66. The fraction of sp³-hybridized carbons (Fsp3) is 0.200. The number of pyridine rings is 1. The van der Waals surface area contributed by atoms with Gasteiger partial charge in [0.1, 0.15) is 17.3 Å². The molecule has 2 rings (SSSR count). The lowest BCUT2D eigenvalue weighted by atomic mass is 10.1. The van der Waals surface area contributed by atoms with E-state index in [9.17, 15) is 0 Å². The molecule has 0 radical (unpaired) electrons. The average molecular weight is 365 g/mol. The van der Waals surface area contributed by atoms with Gasteiger partial charge in [-0.1, -0.05) is 6.07 Å². The maximum atomic E-state index is 7.96. The van der Waals surface area contributed by atoms with Gasteiger partial charge in [-0.3, -0.25) is 5.41 Å². The summed E-state index contributed by atoms with van der Waals surface area (Å²) in [7, 11) is 3.21. The van der Waals surface area contributed by atoms with E-state index in [0.29, 0.717) is 23.9 Å². The summed E-state index contributed by atoms with van der Waals surface area (Å²) < 4.78 is 11.4. The number of hydrogen-bond acceptors (Lipinski definition) is 4. The SMILES string of the molecule is COc1cccc(OC)c1CNC(=N)Nc1ncccc1Br. The zero-order valence-corrected chi connectivity index (χ0v) is 13.9. The molecular formula is C15H17BrN4O2. The number of rotatable bonds is 5. The van der Waals surface area contributed by atoms with Crippen LogP contribution in [0.15, 0.2) is 41.0 Å². The van der Waals surface area contributed by atoms with Crippen molar-refractivity contribution in [1.82, 2.24) is 10.3 Å². The Bertz CT molecular complexity index is 641. The predicted molar refractivity (Wildman–Crippen MR) is 89.7 cm³/mol. The van der Waals surface area contributed by atoms with Crippen LogP contribution in [0.2, 0.25) is 0 Å². The third-order valence-electron chi connectivity index (χ3n) is 2.97. The molecule has 0 atom stereocenters. The van der Waals surface area contributed by atoms with Gasteiger partial charge in [-0.2, -0.15) is 0 Å². The highest BCUT2D eigenvalue weighted by molar-refractivity contribution is 9.10. The molecule has 2 aromatic rings. The zero-order valence-electron chi connectivity index (χ0n) is 12.3. The summed E-state index contributed by atoms with van der Waals surface area (Å²) in [4.78, 5) is 4.15. The average Bonchev–Trinajstić information content (AvgIpc) is 2.54. The first-order chi connectivity index (χ1) is 10.7. The molecule has 0 spiro atoms. The van der Waals surface area contributed by atoms with Crippen LogP contribution >= 0.6 is 15.9 Å². The molecule has 7 heteroatoms. The lowest BCUT2D eigenvalue weighted by Crippen LogP contribution is -2.29. The normalized spacial score (nSPS) is 9.95. The summed E-state index contributed by atoms with van der Waals surface area (Å²) in [6, 6.07) is 9.23. The summed E-state index contributed by atoms with van der Waals surface area (Å²) in [5, 5.41) is 13.8. The van der Waals surface area contributed by atoms with E-state index in [0.717, 1.165) is 10.0 Å². The van der Waals surface area contributed by atoms with Crippen molar-refractivity contribution in [3.63, 3.8) is 0 Å². The van der Waals surface area contributed by atoms with Crippen molar-refractivity contribution < 1.29 is 9.47 Å². The molecule has 0 saturated heterocycles. The van der Waals surface area contributed by atoms with Crippen molar-refractivity contribution in [3.05, 3.63) is 46.6 Å². The van der Waals surface area contributed by atoms with E-state index in [2.05, 4.69) is 31.5 Å². The molecule has 3 N–H and O–H groups in total. The number of methoxy groups -OCH3 is 2. The minimum Gasteiger partial charge on any atom is -0.496 e. The Labute approximate surface area is 137 Å². The second-order valence-electron chi connectivity index (χ2n) is 4.33. The van der Waals surface area contributed by atoms with Gasteiger partial charge in [-0.25, -0.2) is 4.98 Å². The van der Waals surface area contributed by atoms with E-state index in [1.165, 1.54) is 0 Å². The molecule has 6 nitrogen and oxygen atoms in total. The van der Waals surface area contributed by atoms with Gasteiger partial charge in [-0.05, 0) is 40.2 Å². The minimum atomic E-state index is 0.132. The van der Waals surface area contributed by atoms with Crippen molar-refractivity contribution >= 4 is 27.7 Å². The van der Waals surface area contributed by atoms with Crippen molar-refractivity contribution in [2.75, 3.05) is 19.5 Å². The highest BCUT2D eigenvalue weighted by Gasteiger charge is 2.10. The van der Waals surface area contributed by atoms with Crippen molar-refractivity contribution in [2.24, 2.45) is 0 Å². The van der Waals surface area contributed by atoms with E-state index in [1.807, 2.05) is 30.3 Å². The van der Waals surface area contributed by atoms with Gasteiger partial charge in [0, 0.05) is 6.20 Å². The summed E-state index contributed by atoms with van der Waals surface area (Å²) in [6.45, 7) is 0.392. The highest BCUT2D eigenvalue weighted by Crippen LogP contribution is 2.27. The van der Waals surface area contributed by atoms with Gasteiger partial charge in [0.15, 0.2) is 5.96 Å². The van der Waals surface area contributed by atoms with Crippen LogP contribution in [0.4, 0.5) is 5.82 Å². The zero-order chi connectivity index (χ0) is 15.9. The Morgan fingerprint density at radius 3 is 2.45 bits per heavy atom. The highest BCUT2D eigenvalue weighted by atomic mass is 79.9. The van der Waals surface area contributed by atoms with E-state index < -0.39 is 0 Å². The summed E-state index contributed by atoms with van der Waals surface area (Å²) in [5.74, 6) is 2.12. The minimum absolute atomic E-state index is 0.132. The Kier molecular flexibility index (Phi) is 5.60. The molecule has 116 valence electrons. The van der Waals surface area contributed by atoms with Crippen LogP contribution in [-0.2, 0) is 6.54 Å². The molecule has 1 aromatic heterocycles. The lowest BCUT2D eigenvalue weighted by Gasteiger charge is -2.15. The topological polar surface area (TPSA) is 79.3 Å². The number of anilines is 1. The van der Waals surface area contributed by atoms with E-state index in [4.69, 9.17) is 14.9 Å². The van der Waals surface area contributed by atoms with Crippen molar-refractivity contribution in [3.8, 4) is 11.5 Å².